The number of aromatic nitrogens is 1. The van der Waals surface area contributed by atoms with E-state index in [4.69, 9.17) is 25.5 Å². The summed E-state index contributed by atoms with van der Waals surface area (Å²) in [6.07, 6.45) is 0. The van der Waals surface area contributed by atoms with Gasteiger partial charge in [0.05, 0.1) is 12.7 Å². The number of rotatable bonds is 6. The average molecular weight is 425 g/mol. The molecule has 0 atom stereocenters. The van der Waals surface area contributed by atoms with E-state index in [9.17, 15) is 9.90 Å². The summed E-state index contributed by atoms with van der Waals surface area (Å²) in [5.74, 6) is 1.05. The van der Waals surface area contributed by atoms with Gasteiger partial charge in [-0.25, -0.2) is 4.98 Å². The van der Waals surface area contributed by atoms with Gasteiger partial charge in [-0.15, -0.1) is 0 Å². The summed E-state index contributed by atoms with van der Waals surface area (Å²) < 4.78 is 16.2. The lowest BCUT2D eigenvalue weighted by atomic mass is 10.2. The number of oxazole rings is 1. The highest BCUT2D eigenvalue weighted by molar-refractivity contribution is 6.31. The van der Waals surface area contributed by atoms with Crippen LogP contribution in [0.1, 0.15) is 0 Å². The second kappa shape index (κ2) is 8.34. The van der Waals surface area contributed by atoms with Gasteiger partial charge in [0, 0.05) is 16.8 Å². The van der Waals surface area contributed by atoms with Crippen molar-refractivity contribution in [1.82, 2.24) is 4.98 Å². The van der Waals surface area contributed by atoms with Gasteiger partial charge in [-0.1, -0.05) is 11.6 Å². The molecular formula is C22H17ClN2O5. The first kappa shape index (κ1) is 19.6. The minimum Gasteiger partial charge on any atom is -0.507 e. The summed E-state index contributed by atoms with van der Waals surface area (Å²) in [4.78, 5) is 16.5. The lowest BCUT2D eigenvalue weighted by Gasteiger charge is -2.09. The average Bonchev–Trinajstić information content (AvgIpc) is 3.15. The van der Waals surface area contributed by atoms with Crippen LogP contribution in [0.2, 0.25) is 5.02 Å². The van der Waals surface area contributed by atoms with Crippen molar-refractivity contribution in [2.75, 3.05) is 19.0 Å². The maximum absolute atomic E-state index is 12.1. The Balaban J connectivity index is 1.42. The molecule has 4 aromatic rings. The second-order valence-corrected chi connectivity index (χ2v) is 6.81. The first-order valence-corrected chi connectivity index (χ1v) is 9.36. The Morgan fingerprint density at radius 3 is 2.60 bits per heavy atom. The highest BCUT2D eigenvalue weighted by atomic mass is 35.5. The van der Waals surface area contributed by atoms with Gasteiger partial charge in [0.1, 0.15) is 22.8 Å². The number of carbonyl (C=O) groups is 1. The first-order chi connectivity index (χ1) is 14.5. The third-order valence-electron chi connectivity index (χ3n) is 4.29. The van der Waals surface area contributed by atoms with Crippen molar-refractivity contribution in [2.24, 2.45) is 0 Å². The Morgan fingerprint density at radius 1 is 1.10 bits per heavy atom. The molecule has 30 heavy (non-hydrogen) atoms. The number of nitrogens with zero attached hydrogens (tertiary/aromatic N) is 1. The fraction of sp³-hybridized carbons (Fsp3) is 0.0909. The quantitative estimate of drug-likeness (QED) is 0.458. The van der Waals surface area contributed by atoms with Crippen molar-refractivity contribution in [3.05, 3.63) is 65.7 Å². The van der Waals surface area contributed by atoms with Crippen molar-refractivity contribution in [1.29, 1.82) is 0 Å². The third-order valence-corrected chi connectivity index (χ3v) is 4.53. The molecule has 0 saturated heterocycles. The van der Waals surface area contributed by atoms with Crippen LogP contribution in [0.25, 0.3) is 22.6 Å². The van der Waals surface area contributed by atoms with Crippen LogP contribution in [-0.4, -0.2) is 29.7 Å². The molecule has 8 heteroatoms. The van der Waals surface area contributed by atoms with E-state index in [-0.39, 0.29) is 24.2 Å². The number of fused-ring (bicyclic) bond motifs is 1. The summed E-state index contributed by atoms with van der Waals surface area (Å²) >= 11 is 5.97. The number of benzene rings is 3. The van der Waals surface area contributed by atoms with Gasteiger partial charge in [0.15, 0.2) is 12.2 Å². The molecule has 0 saturated carbocycles. The standard InChI is InChI=1S/C22H17ClN2O5/c1-28-15-4-6-16(7-5-15)29-12-21(27)24-14-3-8-17(19(26)11-14)22-25-18-10-13(23)2-9-20(18)30-22/h2-11,26H,12H2,1H3,(H,24,27). The van der Waals surface area contributed by atoms with E-state index in [1.165, 1.54) is 6.07 Å². The van der Waals surface area contributed by atoms with E-state index < -0.39 is 0 Å². The lowest BCUT2D eigenvalue weighted by molar-refractivity contribution is -0.118. The van der Waals surface area contributed by atoms with Crippen molar-refractivity contribution >= 4 is 34.3 Å². The molecular weight excluding hydrogens is 408 g/mol. The molecule has 0 aliphatic rings. The number of phenols is 1. The minimum absolute atomic E-state index is 0.0819. The van der Waals surface area contributed by atoms with E-state index >= 15 is 0 Å². The van der Waals surface area contributed by atoms with Gasteiger partial charge in [-0.3, -0.25) is 4.79 Å². The third kappa shape index (κ3) is 4.31. The molecule has 0 fully saturated rings. The zero-order valence-electron chi connectivity index (χ0n) is 15.9. The summed E-state index contributed by atoms with van der Waals surface area (Å²) in [5.41, 5.74) is 1.96. The smallest absolute Gasteiger partial charge is 0.262 e. The Labute approximate surface area is 176 Å². The van der Waals surface area contributed by atoms with Crippen LogP contribution >= 0.6 is 11.6 Å². The zero-order valence-corrected chi connectivity index (χ0v) is 16.6. The van der Waals surface area contributed by atoms with Crippen LogP contribution in [-0.2, 0) is 4.79 Å². The molecule has 1 aromatic heterocycles. The van der Waals surface area contributed by atoms with E-state index in [0.717, 1.165) is 0 Å². The van der Waals surface area contributed by atoms with Gasteiger partial charge in [-0.2, -0.15) is 0 Å². The first-order valence-electron chi connectivity index (χ1n) is 8.98. The van der Waals surface area contributed by atoms with Crippen molar-refractivity contribution in [3.63, 3.8) is 0 Å². The number of ether oxygens (including phenoxy) is 2. The summed E-state index contributed by atoms with van der Waals surface area (Å²) in [5, 5.41) is 13.6. The number of anilines is 1. The number of carbonyl (C=O) groups excluding carboxylic acids is 1. The number of hydrogen-bond donors (Lipinski definition) is 2. The fourth-order valence-corrected chi connectivity index (χ4v) is 2.99. The molecule has 2 N–H and O–H groups in total. The molecule has 0 spiro atoms. The molecule has 0 aliphatic carbocycles. The molecule has 152 valence electrons. The Bertz CT molecular complexity index is 1200. The monoisotopic (exact) mass is 424 g/mol. The molecule has 0 radical (unpaired) electrons. The van der Waals surface area contributed by atoms with E-state index in [0.29, 0.717) is 38.9 Å². The van der Waals surface area contributed by atoms with Crippen LogP contribution in [0.3, 0.4) is 0 Å². The van der Waals surface area contributed by atoms with Crippen LogP contribution in [0, 0.1) is 0 Å². The Kier molecular flexibility index (Phi) is 5.45. The molecule has 0 bridgehead atoms. The number of nitrogens with one attached hydrogen (secondary N) is 1. The van der Waals surface area contributed by atoms with Crippen molar-refractivity contribution in [2.45, 2.75) is 0 Å². The second-order valence-electron chi connectivity index (χ2n) is 6.38. The molecule has 4 rings (SSSR count). The van der Waals surface area contributed by atoms with E-state index in [1.807, 2.05) is 0 Å². The topological polar surface area (TPSA) is 93.8 Å². The highest BCUT2D eigenvalue weighted by Crippen LogP contribution is 2.33. The van der Waals surface area contributed by atoms with Gasteiger partial charge < -0.3 is 24.3 Å². The van der Waals surface area contributed by atoms with Gasteiger partial charge >= 0.3 is 0 Å². The number of phenolic OH excluding ortho intramolecular Hbond substituents is 1. The Morgan fingerprint density at radius 2 is 1.87 bits per heavy atom. The Hall–Kier alpha value is -3.71. The molecule has 0 aliphatic heterocycles. The van der Waals surface area contributed by atoms with Crippen LogP contribution in [0.5, 0.6) is 17.2 Å². The predicted octanol–water partition coefficient (Wildman–Crippen LogP) is 4.88. The highest BCUT2D eigenvalue weighted by Gasteiger charge is 2.14. The number of halogens is 1. The van der Waals surface area contributed by atoms with E-state index in [1.54, 1.807) is 61.7 Å². The van der Waals surface area contributed by atoms with Crippen molar-refractivity contribution < 1.29 is 23.8 Å². The molecule has 1 heterocycles. The fourth-order valence-electron chi connectivity index (χ4n) is 2.82. The molecule has 0 unspecified atom stereocenters. The van der Waals surface area contributed by atoms with Gasteiger partial charge in [-0.05, 0) is 54.6 Å². The maximum Gasteiger partial charge on any atom is 0.262 e. The lowest BCUT2D eigenvalue weighted by Crippen LogP contribution is -2.20. The SMILES string of the molecule is COc1ccc(OCC(=O)Nc2ccc(-c3nc4cc(Cl)ccc4o3)c(O)c2)cc1. The number of aromatic hydroxyl groups is 1. The van der Waals surface area contributed by atoms with Crippen LogP contribution < -0.4 is 14.8 Å². The number of methoxy groups -OCH3 is 1. The van der Waals surface area contributed by atoms with E-state index in [2.05, 4.69) is 10.3 Å². The predicted molar refractivity (Wildman–Crippen MR) is 113 cm³/mol. The summed E-state index contributed by atoms with van der Waals surface area (Å²) in [6, 6.07) is 16.7. The van der Waals surface area contributed by atoms with Gasteiger partial charge in [0.2, 0.25) is 5.89 Å². The van der Waals surface area contributed by atoms with Crippen molar-refractivity contribution in [3.8, 4) is 28.7 Å². The minimum atomic E-state index is -0.366. The molecule has 3 aromatic carbocycles. The maximum atomic E-state index is 12.1. The normalized spacial score (nSPS) is 10.7. The summed E-state index contributed by atoms with van der Waals surface area (Å²) in [6.45, 7) is -0.180. The summed E-state index contributed by atoms with van der Waals surface area (Å²) in [7, 11) is 1.57. The van der Waals surface area contributed by atoms with Gasteiger partial charge in [0.25, 0.3) is 5.91 Å². The molecule has 7 nitrogen and oxygen atoms in total. The number of amides is 1. The van der Waals surface area contributed by atoms with Crippen LogP contribution in [0.4, 0.5) is 5.69 Å². The largest absolute Gasteiger partial charge is 0.507 e. The molecule has 1 amide bonds. The number of hydrogen-bond acceptors (Lipinski definition) is 6. The zero-order chi connectivity index (χ0) is 21.1. The van der Waals surface area contributed by atoms with Crippen LogP contribution in [0.15, 0.2) is 65.1 Å².